The van der Waals surface area contributed by atoms with Crippen LogP contribution in [0.25, 0.3) is 0 Å². The molecule has 0 radical (unpaired) electrons. The number of sulfonamides is 1. The number of hydrogen-bond acceptors (Lipinski definition) is 5. The van der Waals surface area contributed by atoms with Crippen LogP contribution in [0.5, 0.6) is 0 Å². The van der Waals surface area contributed by atoms with E-state index in [1.54, 1.807) is 47.4 Å². The van der Waals surface area contributed by atoms with Crippen LogP contribution >= 0.6 is 0 Å². The minimum absolute atomic E-state index is 0.122. The maximum absolute atomic E-state index is 13.2. The van der Waals surface area contributed by atoms with Crippen molar-refractivity contribution >= 4 is 37.1 Å². The SMILES string of the molecule is CC(C)CCCCCS(=O)(=O)c1ccc2c(c1)CCN2C(=O)c1ccccc1NS(C)(=O)=O. The Labute approximate surface area is 197 Å². The summed E-state index contributed by atoms with van der Waals surface area (Å²) in [5.74, 6) is 0.413. The van der Waals surface area contributed by atoms with Gasteiger partial charge in [-0.1, -0.05) is 45.2 Å². The highest BCUT2D eigenvalue weighted by atomic mass is 32.2. The predicted molar refractivity (Wildman–Crippen MR) is 132 cm³/mol. The van der Waals surface area contributed by atoms with E-state index in [0.29, 0.717) is 35.9 Å². The standard InChI is InChI=1S/C24H32N2O5S2/c1-18(2)9-5-4-8-16-33(30,31)20-12-13-23-19(17-20)14-15-26(23)24(27)21-10-6-7-11-22(21)25-32(3,28)29/h6-7,10-13,17-18,25H,4-5,8-9,14-16H2,1-3H3. The van der Waals surface area contributed by atoms with Gasteiger partial charge in [-0.15, -0.1) is 0 Å². The fourth-order valence-electron chi connectivity index (χ4n) is 4.03. The van der Waals surface area contributed by atoms with Crippen LogP contribution in [0.3, 0.4) is 0 Å². The molecule has 0 aliphatic carbocycles. The molecule has 2 aromatic rings. The van der Waals surface area contributed by atoms with E-state index in [1.165, 1.54) is 0 Å². The number of carbonyl (C=O) groups excluding carboxylic acids is 1. The topological polar surface area (TPSA) is 101 Å². The lowest BCUT2D eigenvalue weighted by Gasteiger charge is -2.19. The molecule has 1 N–H and O–H groups in total. The Morgan fingerprint density at radius 2 is 1.76 bits per heavy atom. The molecular weight excluding hydrogens is 460 g/mol. The Kier molecular flexibility index (Phi) is 7.84. The average Bonchev–Trinajstić information content (AvgIpc) is 3.15. The van der Waals surface area contributed by atoms with Gasteiger partial charge >= 0.3 is 0 Å². The van der Waals surface area contributed by atoms with Crippen molar-refractivity contribution in [3.8, 4) is 0 Å². The van der Waals surface area contributed by atoms with Crippen molar-refractivity contribution in [3.63, 3.8) is 0 Å². The van der Waals surface area contributed by atoms with Crippen molar-refractivity contribution in [3.05, 3.63) is 53.6 Å². The van der Waals surface area contributed by atoms with E-state index in [2.05, 4.69) is 18.6 Å². The highest BCUT2D eigenvalue weighted by Crippen LogP contribution is 2.33. The lowest BCUT2D eigenvalue weighted by Crippen LogP contribution is -2.30. The van der Waals surface area contributed by atoms with Crippen molar-refractivity contribution < 1.29 is 21.6 Å². The second kappa shape index (κ2) is 10.3. The molecule has 0 aromatic heterocycles. The van der Waals surface area contributed by atoms with Crippen LogP contribution in [-0.4, -0.2) is 41.3 Å². The van der Waals surface area contributed by atoms with Crippen LogP contribution < -0.4 is 9.62 Å². The number of sulfone groups is 1. The quantitative estimate of drug-likeness (QED) is 0.500. The van der Waals surface area contributed by atoms with E-state index in [9.17, 15) is 21.6 Å². The third kappa shape index (κ3) is 6.57. The maximum atomic E-state index is 13.2. The van der Waals surface area contributed by atoms with Crippen molar-refractivity contribution in [2.45, 2.75) is 50.8 Å². The van der Waals surface area contributed by atoms with Gasteiger partial charge in [0, 0.05) is 12.2 Å². The fraction of sp³-hybridized carbons (Fsp3) is 0.458. The number of unbranched alkanes of at least 4 members (excludes halogenated alkanes) is 2. The van der Waals surface area contributed by atoms with E-state index in [1.807, 2.05) is 0 Å². The first-order chi connectivity index (χ1) is 15.5. The van der Waals surface area contributed by atoms with Crippen LogP contribution in [0.15, 0.2) is 47.4 Å². The lowest BCUT2D eigenvalue weighted by atomic mass is 10.1. The van der Waals surface area contributed by atoms with Gasteiger partial charge in [-0.05, 0) is 54.7 Å². The number of amides is 1. The fourth-order valence-corrected chi connectivity index (χ4v) is 6.02. The molecule has 0 saturated heterocycles. The first-order valence-corrected chi connectivity index (χ1v) is 14.8. The number of nitrogens with one attached hydrogen (secondary N) is 1. The van der Waals surface area contributed by atoms with Crippen molar-refractivity contribution in [1.82, 2.24) is 0 Å². The second-order valence-corrected chi connectivity index (χ2v) is 12.8. The number of nitrogens with zero attached hydrogens (tertiary/aromatic N) is 1. The highest BCUT2D eigenvalue weighted by molar-refractivity contribution is 7.92. The molecule has 0 unspecified atom stereocenters. The Bertz CT molecular complexity index is 1220. The zero-order chi connectivity index (χ0) is 24.2. The third-order valence-electron chi connectivity index (χ3n) is 5.70. The Balaban J connectivity index is 1.75. The first-order valence-electron chi connectivity index (χ1n) is 11.2. The number of para-hydroxylation sites is 1. The predicted octanol–water partition coefficient (Wildman–Crippen LogP) is 4.25. The molecule has 2 aromatic carbocycles. The summed E-state index contributed by atoms with van der Waals surface area (Å²) in [6.45, 7) is 4.73. The minimum atomic E-state index is -3.54. The van der Waals surface area contributed by atoms with Crippen LogP contribution in [0.2, 0.25) is 0 Å². The van der Waals surface area contributed by atoms with E-state index in [-0.39, 0.29) is 22.9 Å². The Hall–Kier alpha value is -2.39. The molecule has 0 atom stereocenters. The second-order valence-electron chi connectivity index (χ2n) is 8.98. The zero-order valence-electron chi connectivity index (χ0n) is 19.4. The molecule has 1 aliphatic rings. The van der Waals surface area contributed by atoms with Gasteiger partial charge in [-0.3, -0.25) is 9.52 Å². The first kappa shape index (κ1) is 25.2. The van der Waals surface area contributed by atoms with Gasteiger partial charge in [-0.25, -0.2) is 16.8 Å². The summed E-state index contributed by atoms with van der Waals surface area (Å²) in [6.07, 6.45) is 5.24. The van der Waals surface area contributed by atoms with Gasteiger partial charge in [-0.2, -0.15) is 0 Å². The van der Waals surface area contributed by atoms with E-state index in [0.717, 1.165) is 31.1 Å². The Morgan fingerprint density at radius 3 is 2.45 bits per heavy atom. The molecule has 33 heavy (non-hydrogen) atoms. The van der Waals surface area contributed by atoms with Crippen LogP contribution in [0.4, 0.5) is 11.4 Å². The molecule has 0 saturated carbocycles. The summed E-state index contributed by atoms with van der Waals surface area (Å²) in [4.78, 5) is 15.1. The largest absolute Gasteiger partial charge is 0.308 e. The molecule has 0 fully saturated rings. The van der Waals surface area contributed by atoms with Gasteiger partial charge in [0.25, 0.3) is 5.91 Å². The maximum Gasteiger partial charge on any atom is 0.260 e. The van der Waals surface area contributed by atoms with E-state index in [4.69, 9.17) is 0 Å². The zero-order valence-corrected chi connectivity index (χ0v) is 21.0. The molecule has 180 valence electrons. The summed E-state index contributed by atoms with van der Waals surface area (Å²) in [5.41, 5.74) is 1.92. The summed E-state index contributed by atoms with van der Waals surface area (Å²) in [7, 11) is -6.92. The molecular formula is C24H32N2O5S2. The van der Waals surface area contributed by atoms with Gasteiger partial charge in [0.15, 0.2) is 9.84 Å². The number of benzene rings is 2. The average molecular weight is 493 g/mol. The minimum Gasteiger partial charge on any atom is -0.308 e. The molecule has 3 rings (SSSR count). The number of fused-ring (bicyclic) bond motifs is 1. The molecule has 9 heteroatoms. The molecule has 1 aliphatic heterocycles. The molecule has 0 spiro atoms. The van der Waals surface area contributed by atoms with Crippen molar-refractivity contribution in [2.24, 2.45) is 5.92 Å². The third-order valence-corrected chi connectivity index (χ3v) is 8.09. The monoisotopic (exact) mass is 492 g/mol. The van der Waals surface area contributed by atoms with Gasteiger partial charge in [0.1, 0.15) is 0 Å². The number of carbonyl (C=O) groups is 1. The normalized spacial score (nSPS) is 13.9. The smallest absolute Gasteiger partial charge is 0.260 e. The summed E-state index contributed by atoms with van der Waals surface area (Å²) >= 11 is 0. The van der Waals surface area contributed by atoms with E-state index < -0.39 is 19.9 Å². The summed E-state index contributed by atoms with van der Waals surface area (Å²) in [6, 6.07) is 11.4. The highest BCUT2D eigenvalue weighted by Gasteiger charge is 2.29. The number of rotatable bonds is 10. The number of anilines is 2. The van der Waals surface area contributed by atoms with Crippen LogP contribution in [0.1, 0.15) is 55.5 Å². The summed E-state index contributed by atoms with van der Waals surface area (Å²) in [5, 5.41) is 0. The van der Waals surface area contributed by atoms with Crippen molar-refractivity contribution in [1.29, 1.82) is 0 Å². The molecule has 1 heterocycles. The Morgan fingerprint density at radius 1 is 1.03 bits per heavy atom. The molecule has 7 nitrogen and oxygen atoms in total. The summed E-state index contributed by atoms with van der Waals surface area (Å²) < 4.78 is 51.3. The molecule has 0 bridgehead atoms. The van der Waals surface area contributed by atoms with Gasteiger partial charge < -0.3 is 4.90 Å². The van der Waals surface area contributed by atoms with Crippen LogP contribution in [-0.2, 0) is 26.3 Å². The molecule has 1 amide bonds. The lowest BCUT2D eigenvalue weighted by molar-refractivity contribution is 0.0990. The number of hydrogen-bond donors (Lipinski definition) is 1. The van der Waals surface area contributed by atoms with E-state index >= 15 is 0 Å². The van der Waals surface area contributed by atoms with Gasteiger partial charge in [0.2, 0.25) is 10.0 Å². The van der Waals surface area contributed by atoms with Crippen LogP contribution in [0, 0.1) is 5.92 Å². The van der Waals surface area contributed by atoms with Crippen molar-refractivity contribution in [2.75, 3.05) is 28.2 Å². The van der Waals surface area contributed by atoms with Gasteiger partial charge in [0.05, 0.1) is 28.2 Å².